The highest BCUT2D eigenvalue weighted by Gasteiger charge is 2.14. The fourth-order valence-corrected chi connectivity index (χ4v) is 1.76. The summed E-state index contributed by atoms with van der Waals surface area (Å²) in [6.45, 7) is 6.00. The second-order valence-corrected chi connectivity index (χ2v) is 4.43. The Kier molecular flexibility index (Phi) is 4.34. The van der Waals surface area contributed by atoms with E-state index in [4.69, 9.17) is 11.6 Å². The van der Waals surface area contributed by atoms with Crippen molar-refractivity contribution in [3.05, 3.63) is 34.3 Å². The van der Waals surface area contributed by atoms with Crippen molar-refractivity contribution in [2.75, 3.05) is 0 Å². The van der Waals surface area contributed by atoms with E-state index >= 15 is 0 Å². The molecule has 0 aromatic heterocycles. The highest BCUT2D eigenvalue weighted by Crippen LogP contribution is 2.19. The Morgan fingerprint density at radius 1 is 1.47 bits per heavy atom. The van der Waals surface area contributed by atoms with Crippen LogP contribution in [-0.2, 0) is 0 Å². The molecule has 0 aliphatic heterocycles. The molecule has 0 saturated carbocycles. The molecule has 1 unspecified atom stereocenters. The molecular weight excluding hydrogens is 208 g/mol. The summed E-state index contributed by atoms with van der Waals surface area (Å²) in [7, 11) is 0. The van der Waals surface area contributed by atoms with Crippen LogP contribution in [0.2, 0.25) is 5.02 Å². The molecule has 0 amide bonds. The first-order valence-electron chi connectivity index (χ1n) is 5.36. The number of carbonyl (C=O) groups is 1. The van der Waals surface area contributed by atoms with Gasteiger partial charge in [-0.3, -0.25) is 4.79 Å². The average Bonchev–Trinajstić information content (AvgIpc) is 2.21. The third-order valence-corrected chi connectivity index (χ3v) is 3.04. The number of hydrogen-bond donors (Lipinski definition) is 0. The Balaban J connectivity index is 2.87. The lowest BCUT2D eigenvalue weighted by Gasteiger charge is -2.09. The van der Waals surface area contributed by atoms with E-state index in [1.54, 1.807) is 6.07 Å². The van der Waals surface area contributed by atoms with Gasteiger partial charge in [-0.05, 0) is 37.1 Å². The minimum atomic E-state index is 0.107. The molecule has 0 bridgehead atoms. The third kappa shape index (κ3) is 3.07. The summed E-state index contributed by atoms with van der Waals surface area (Å²) in [6, 6.07) is 5.48. The van der Waals surface area contributed by atoms with Crippen molar-refractivity contribution in [2.24, 2.45) is 5.92 Å². The van der Waals surface area contributed by atoms with Crippen LogP contribution in [-0.4, -0.2) is 5.78 Å². The number of carbonyl (C=O) groups excluding carboxylic acids is 1. The van der Waals surface area contributed by atoms with Crippen LogP contribution >= 0.6 is 11.6 Å². The van der Waals surface area contributed by atoms with E-state index in [0.717, 1.165) is 29.0 Å². The van der Waals surface area contributed by atoms with Crippen molar-refractivity contribution in [3.8, 4) is 0 Å². The molecule has 0 heterocycles. The van der Waals surface area contributed by atoms with Crippen LogP contribution in [0.3, 0.4) is 0 Å². The second-order valence-electron chi connectivity index (χ2n) is 4.02. The molecule has 0 aliphatic rings. The molecule has 0 spiro atoms. The van der Waals surface area contributed by atoms with E-state index in [2.05, 4.69) is 6.92 Å². The zero-order valence-corrected chi connectivity index (χ0v) is 10.3. The maximum atomic E-state index is 12.0. The first kappa shape index (κ1) is 12.3. The number of benzene rings is 1. The highest BCUT2D eigenvalue weighted by atomic mass is 35.5. The van der Waals surface area contributed by atoms with Gasteiger partial charge in [0, 0.05) is 16.5 Å². The molecule has 1 atom stereocenters. The maximum absolute atomic E-state index is 12.0. The monoisotopic (exact) mass is 224 g/mol. The van der Waals surface area contributed by atoms with Gasteiger partial charge in [-0.25, -0.2) is 0 Å². The molecule has 0 radical (unpaired) electrons. The van der Waals surface area contributed by atoms with Crippen LogP contribution in [0.25, 0.3) is 0 Å². The van der Waals surface area contributed by atoms with E-state index in [1.165, 1.54) is 0 Å². The summed E-state index contributed by atoms with van der Waals surface area (Å²) in [6.07, 6.45) is 1.99. The number of ketones is 1. The molecule has 0 N–H and O–H groups in total. The predicted octanol–water partition coefficient (Wildman–Crippen LogP) is 4.27. The lowest BCUT2D eigenvalue weighted by molar-refractivity contribution is 0.0923. The minimum absolute atomic E-state index is 0.107. The minimum Gasteiger partial charge on any atom is -0.294 e. The van der Waals surface area contributed by atoms with E-state index in [9.17, 15) is 4.79 Å². The quantitative estimate of drug-likeness (QED) is 0.699. The summed E-state index contributed by atoms with van der Waals surface area (Å²) in [5.74, 6) is 0.326. The molecule has 1 rings (SSSR count). The molecule has 0 aliphatic carbocycles. The van der Waals surface area contributed by atoms with Gasteiger partial charge < -0.3 is 0 Å². The fraction of sp³-hybridized carbons (Fsp3) is 0.462. The maximum Gasteiger partial charge on any atom is 0.165 e. The van der Waals surface area contributed by atoms with Crippen LogP contribution in [0.15, 0.2) is 18.2 Å². The zero-order valence-electron chi connectivity index (χ0n) is 9.51. The van der Waals surface area contributed by atoms with Gasteiger partial charge >= 0.3 is 0 Å². The number of Topliss-reactive ketones (excluding diaryl/α,β-unsaturated/α-hetero) is 1. The smallest absolute Gasteiger partial charge is 0.165 e. The Labute approximate surface area is 96.5 Å². The van der Waals surface area contributed by atoms with Gasteiger partial charge in [-0.1, -0.05) is 31.9 Å². The first-order chi connectivity index (χ1) is 7.06. The predicted molar refractivity (Wildman–Crippen MR) is 64.6 cm³/mol. The van der Waals surface area contributed by atoms with Crippen LogP contribution in [0.1, 0.15) is 42.6 Å². The highest BCUT2D eigenvalue weighted by molar-refractivity contribution is 6.31. The van der Waals surface area contributed by atoms with Gasteiger partial charge in [0.2, 0.25) is 0 Å². The van der Waals surface area contributed by atoms with Crippen molar-refractivity contribution in [2.45, 2.75) is 33.6 Å². The van der Waals surface area contributed by atoms with Gasteiger partial charge in [0.1, 0.15) is 0 Å². The average molecular weight is 225 g/mol. The van der Waals surface area contributed by atoms with Crippen molar-refractivity contribution in [3.63, 3.8) is 0 Å². The molecule has 1 aromatic rings. The van der Waals surface area contributed by atoms with E-state index in [1.807, 2.05) is 26.0 Å². The zero-order chi connectivity index (χ0) is 11.4. The van der Waals surface area contributed by atoms with Gasteiger partial charge in [-0.2, -0.15) is 0 Å². The van der Waals surface area contributed by atoms with Crippen molar-refractivity contribution in [1.29, 1.82) is 0 Å². The van der Waals surface area contributed by atoms with E-state index in [0.29, 0.717) is 0 Å². The standard InChI is InChI=1S/C13H17ClO/c1-4-5-9(2)13(15)11-6-7-12(14)10(3)8-11/h6-9H,4-5H2,1-3H3. The van der Waals surface area contributed by atoms with Crippen LogP contribution in [0.5, 0.6) is 0 Å². The van der Waals surface area contributed by atoms with Gasteiger partial charge in [0.15, 0.2) is 5.78 Å². The summed E-state index contributed by atoms with van der Waals surface area (Å²) in [5, 5.41) is 0.717. The van der Waals surface area contributed by atoms with Crippen molar-refractivity contribution in [1.82, 2.24) is 0 Å². The van der Waals surface area contributed by atoms with Gasteiger partial charge in [0.25, 0.3) is 0 Å². The lowest BCUT2D eigenvalue weighted by atomic mass is 9.94. The first-order valence-corrected chi connectivity index (χ1v) is 5.74. The van der Waals surface area contributed by atoms with Crippen molar-refractivity contribution >= 4 is 17.4 Å². The van der Waals surface area contributed by atoms with Crippen LogP contribution < -0.4 is 0 Å². The summed E-state index contributed by atoms with van der Waals surface area (Å²) in [4.78, 5) is 12.0. The Hall–Kier alpha value is -0.820. The molecule has 0 fully saturated rings. The number of hydrogen-bond acceptors (Lipinski definition) is 1. The van der Waals surface area contributed by atoms with E-state index in [-0.39, 0.29) is 11.7 Å². The molecule has 0 saturated heterocycles. The van der Waals surface area contributed by atoms with Crippen molar-refractivity contribution < 1.29 is 4.79 Å². The van der Waals surface area contributed by atoms with Gasteiger partial charge in [-0.15, -0.1) is 0 Å². The fourth-order valence-electron chi connectivity index (χ4n) is 1.65. The largest absolute Gasteiger partial charge is 0.294 e. The Morgan fingerprint density at radius 2 is 2.13 bits per heavy atom. The molecule has 82 valence electrons. The third-order valence-electron chi connectivity index (χ3n) is 2.61. The Morgan fingerprint density at radius 3 is 2.67 bits per heavy atom. The summed E-state index contributed by atoms with van der Waals surface area (Å²) in [5.41, 5.74) is 1.74. The molecule has 1 nitrogen and oxygen atoms in total. The van der Waals surface area contributed by atoms with Gasteiger partial charge in [0.05, 0.1) is 0 Å². The molecule has 15 heavy (non-hydrogen) atoms. The molecule has 1 aromatic carbocycles. The summed E-state index contributed by atoms with van der Waals surface area (Å²) < 4.78 is 0. The summed E-state index contributed by atoms with van der Waals surface area (Å²) >= 11 is 5.91. The normalized spacial score (nSPS) is 12.5. The molecular formula is C13H17ClO. The number of halogens is 1. The SMILES string of the molecule is CCCC(C)C(=O)c1ccc(Cl)c(C)c1. The molecule has 2 heteroatoms. The Bertz CT molecular complexity index is 358. The van der Waals surface area contributed by atoms with Crippen LogP contribution in [0, 0.1) is 12.8 Å². The second kappa shape index (κ2) is 5.32. The van der Waals surface area contributed by atoms with E-state index < -0.39 is 0 Å². The topological polar surface area (TPSA) is 17.1 Å². The number of rotatable bonds is 4. The van der Waals surface area contributed by atoms with Crippen LogP contribution in [0.4, 0.5) is 0 Å². The number of aryl methyl sites for hydroxylation is 1. The lowest BCUT2D eigenvalue weighted by Crippen LogP contribution is -2.11.